The fraction of sp³-hybridized carbons (Fsp3) is 0.409. The molecule has 29 heavy (non-hydrogen) atoms. The van der Waals surface area contributed by atoms with Gasteiger partial charge in [0, 0.05) is 23.5 Å². The molecular weight excluding hydrogens is 384 g/mol. The zero-order chi connectivity index (χ0) is 20.8. The number of hydrogen-bond acceptors (Lipinski definition) is 5. The van der Waals surface area contributed by atoms with E-state index < -0.39 is 0 Å². The highest BCUT2D eigenvalue weighted by Crippen LogP contribution is 2.24. The standard InChI is InChI=1S/C22H28N4O2S/c1-4-20(27)25-22-23-13-19(29-22)14-26-11-9-18(10-12-26)21(28)24-16(3)17-7-5-15(2)6-8-17/h4-8,13,16,18H,1,9-12,14H2,2-3H3,(H,24,28)(H,23,25,27). The van der Waals surface area contributed by atoms with Gasteiger partial charge in [0.25, 0.3) is 0 Å². The number of aryl methyl sites for hydroxylation is 1. The molecule has 0 spiro atoms. The molecule has 1 saturated heterocycles. The first kappa shape index (κ1) is 21.2. The Morgan fingerprint density at radius 1 is 1.31 bits per heavy atom. The van der Waals surface area contributed by atoms with E-state index in [1.165, 1.54) is 23.0 Å². The van der Waals surface area contributed by atoms with E-state index in [-0.39, 0.29) is 23.8 Å². The van der Waals surface area contributed by atoms with Crippen molar-refractivity contribution >= 4 is 28.3 Å². The molecule has 7 heteroatoms. The van der Waals surface area contributed by atoms with Crippen LogP contribution >= 0.6 is 11.3 Å². The van der Waals surface area contributed by atoms with Crippen LogP contribution in [0.3, 0.4) is 0 Å². The lowest BCUT2D eigenvalue weighted by Crippen LogP contribution is -2.40. The number of carbonyl (C=O) groups is 2. The van der Waals surface area contributed by atoms with E-state index in [1.807, 2.05) is 6.92 Å². The molecule has 2 N–H and O–H groups in total. The zero-order valence-electron chi connectivity index (χ0n) is 17.0. The number of amides is 2. The van der Waals surface area contributed by atoms with Crippen LogP contribution in [0.4, 0.5) is 5.13 Å². The van der Waals surface area contributed by atoms with Gasteiger partial charge in [0.05, 0.1) is 6.04 Å². The van der Waals surface area contributed by atoms with Gasteiger partial charge in [-0.15, -0.1) is 11.3 Å². The van der Waals surface area contributed by atoms with Gasteiger partial charge in [-0.3, -0.25) is 19.8 Å². The maximum atomic E-state index is 12.7. The van der Waals surface area contributed by atoms with Gasteiger partial charge in [-0.05, 0) is 51.4 Å². The SMILES string of the molecule is C=CC(=O)Nc1ncc(CN2CCC(C(=O)NC(C)c3ccc(C)cc3)CC2)s1. The van der Waals surface area contributed by atoms with Gasteiger partial charge in [0.1, 0.15) is 0 Å². The number of likely N-dealkylation sites (tertiary alicyclic amines) is 1. The minimum Gasteiger partial charge on any atom is -0.349 e. The van der Waals surface area contributed by atoms with E-state index >= 15 is 0 Å². The normalized spacial score (nSPS) is 16.2. The summed E-state index contributed by atoms with van der Waals surface area (Å²) < 4.78 is 0. The Kier molecular flexibility index (Phi) is 7.17. The first-order chi connectivity index (χ1) is 13.9. The number of piperidine rings is 1. The van der Waals surface area contributed by atoms with E-state index in [1.54, 1.807) is 6.20 Å². The van der Waals surface area contributed by atoms with Gasteiger partial charge in [0.2, 0.25) is 11.8 Å². The van der Waals surface area contributed by atoms with Crippen LogP contribution in [-0.4, -0.2) is 34.8 Å². The molecule has 1 fully saturated rings. The lowest BCUT2D eigenvalue weighted by atomic mass is 9.95. The van der Waals surface area contributed by atoms with Crippen molar-refractivity contribution in [1.82, 2.24) is 15.2 Å². The number of rotatable bonds is 7. The second kappa shape index (κ2) is 9.80. The van der Waals surface area contributed by atoms with Crippen LogP contribution in [0.2, 0.25) is 0 Å². The molecule has 3 rings (SSSR count). The van der Waals surface area contributed by atoms with Gasteiger partial charge in [-0.2, -0.15) is 0 Å². The van der Waals surface area contributed by atoms with Crippen LogP contribution in [-0.2, 0) is 16.1 Å². The molecule has 1 aliphatic heterocycles. The number of aromatic nitrogens is 1. The monoisotopic (exact) mass is 412 g/mol. The molecule has 1 unspecified atom stereocenters. The summed E-state index contributed by atoms with van der Waals surface area (Å²) in [5.74, 6) is -0.0504. The lowest BCUT2D eigenvalue weighted by Gasteiger charge is -2.31. The summed E-state index contributed by atoms with van der Waals surface area (Å²) in [4.78, 5) is 31.7. The minimum absolute atomic E-state index is 0.0162. The molecule has 2 aromatic rings. The fourth-order valence-electron chi connectivity index (χ4n) is 3.44. The van der Waals surface area contributed by atoms with Gasteiger partial charge in [0.15, 0.2) is 5.13 Å². The van der Waals surface area contributed by atoms with Gasteiger partial charge in [-0.1, -0.05) is 36.4 Å². The van der Waals surface area contributed by atoms with Crippen LogP contribution in [0, 0.1) is 12.8 Å². The van der Waals surface area contributed by atoms with E-state index in [2.05, 4.69) is 58.3 Å². The summed E-state index contributed by atoms with van der Waals surface area (Å²) in [6.45, 7) is 10.1. The summed E-state index contributed by atoms with van der Waals surface area (Å²) in [6, 6.07) is 8.31. The summed E-state index contributed by atoms with van der Waals surface area (Å²) in [5, 5.41) is 6.44. The highest BCUT2D eigenvalue weighted by atomic mass is 32.1. The van der Waals surface area contributed by atoms with E-state index in [0.29, 0.717) is 5.13 Å². The Balaban J connectivity index is 1.45. The predicted molar refractivity (Wildman–Crippen MR) is 117 cm³/mol. The Morgan fingerprint density at radius 3 is 2.66 bits per heavy atom. The maximum absolute atomic E-state index is 12.7. The average Bonchev–Trinajstić information content (AvgIpc) is 3.15. The minimum atomic E-state index is -0.252. The van der Waals surface area contributed by atoms with E-state index in [0.717, 1.165) is 42.9 Å². The largest absolute Gasteiger partial charge is 0.349 e. The second-order valence-corrected chi connectivity index (χ2v) is 8.63. The van der Waals surface area contributed by atoms with Gasteiger partial charge in [-0.25, -0.2) is 4.98 Å². The van der Waals surface area contributed by atoms with Crippen LogP contribution in [0.25, 0.3) is 0 Å². The molecule has 0 saturated carbocycles. The topological polar surface area (TPSA) is 74.3 Å². The molecule has 1 atom stereocenters. The average molecular weight is 413 g/mol. The quantitative estimate of drug-likeness (QED) is 0.681. The number of thiazole rings is 1. The van der Waals surface area contributed by atoms with Crippen molar-refractivity contribution < 1.29 is 9.59 Å². The van der Waals surface area contributed by atoms with Crippen molar-refractivity contribution in [3.8, 4) is 0 Å². The smallest absolute Gasteiger partial charge is 0.249 e. The van der Waals surface area contributed by atoms with Crippen molar-refractivity contribution in [1.29, 1.82) is 0 Å². The highest BCUT2D eigenvalue weighted by molar-refractivity contribution is 7.15. The summed E-state index contributed by atoms with van der Waals surface area (Å²) in [5.41, 5.74) is 2.35. The maximum Gasteiger partial charge on any atom is 0.249 e. The van der Waals surface area contributed by atoms with E-state index in [9.17, 15) is 9.59 Å². The molecular formula is C22H28N4O2S. The van der Waals surface area contributed by atoms with Crippen LogP contribution in [0.15, 0.2) is 43.1 Å². The molecule has 0 radical (unpaired) electrons. The van der Waals surface area contributed by atoms with Crippen LogP contribution in [0.1, 0.15) is 41.8 Å². The van der Waals surface area contributed by atoms with Gasteiger partial charge >= 0.3 is 0 Å². The summed E-state index contributed by atoms with van der Waals surface area (Å²) in [6.07, 6.45) is 4.73. The molecule has 0 bridgehead atoms. The molecule has 154 valence electrons. The van der Waals surface area contributed by atoms with Crippen molar-refractivity contribution in [2.75, 3.05) is 18.4 Å². The molecule has 1 aliphatic rings. The number of carbonyl (C=O) groups excluding carboxylic acids is 2. The Morgan fingerprint density at radius 2 is 2.00 bits per heavy atom. The highest BCUT2D eigenvalue weighted by Gasteiger charge is 2.26. The zero-order valence-corrected chi connectivity index (χ0v) is 17.8. The number of nitrogens with zero attached hydrogens (tertiary/aromatic N) is 2. The molecule has 2 amide bonds. The van der Waals surface area contributed by atoms with Crippen LogP contribution in [0.5, 0.6) is 0 Å². The first-order valence-electron chi connectivity index (χ1n) is 9.92. The Labute approximate surface area is 176 Å². The number of anilines is 1. The van der Waals surface area contributed by atoms with Crippen molar-refractivity contribution in [2.24, 2.45) is 5.92 Å². The van der Waals surface area contributed by atoms with Crippen molar-refractivity contribution in [3.05, 3.63) is 59.1 Å². The Hall–Kier alpha value is -2.51. The lowest BCUT2D eigenvalue weighted by molar-refractivity contribution is -0.127. The fourth-order valence-corrected chi connectivity index (χ4v) is 4.30. The summed E-state index contributed by atoms with van der Waals surface area (Å²) >= 11 is 1.47. The number of benzene rings is 1. The van der Waals surface area contributed by atoms with Crippen molar-refractivity contribution in [3.63, 3.8) is 0 Å². The third kappa shape index (κ3) is 5.98. The second-order valence-electron chi connectivity index (χ2n) is 7.52. The number of nitrogens with one attached hydrogen (secondary N) is 2. The molecule has 1 aromatic carbocycles. The first-order valence-corrected chi connectivity index (χ1v) is 10.7. The third-order valence-electron chi connectivity index (χ3n) is 5.24. The molecule has 0 aliphatic carbocycles. The number of hydrogen-bond donors (Lipinski definition) is 2. The third-order valence-corrected chi connectivity index (χ3v) is 6.14. The predicted octanol–water partition coefficient (Wildman–Crippen LogP) is 3.67. The summed E-state index contributed by atoms with van der Waals surface area (Å²) in [7, 11) is 0. The Bertz CT molecular complexity index is 854. The van der Waals surface area contributed by atoms with E-state index in [4.69, 9.17) is 0 Å². The molecule has 1 aromatic heterocycles. The van der Waals surface area contributed by atoms with Crippen LogP contribution < -0.4 is 10.6 Å². The van der Waals surface area contributed by atoms with Gasteiger partial charge < -0.3 is 5.32 Å². The molecule has 6 nitrogen and oxygen atoms in total. The molecule has 2 heterocycles. The van der Waals surface area contributed by atoms with Crippen molar-refractivity contribution in [2.45, 2.75) is 39.3 Å².